The molecular weight excluding hydrogens is 264 g/mol. The summed E-state index contributed by atoms with van der Waals surface area (Å²) in [5, 5.41) is 2.77. The van der Waals surface area contributed by atoms with Crippen molar-refractivity contribution in [2.45, 2.75) is 25.8 Å². The van der Waals surface area contributed by atoms with Gasteiger partial charge in [0.2, 0.25) is 17.8 Å². The lowest BCUT2D eigenvalue weighted by molar-refractivity contribution is -0.136. The van der Waals surface area contributed by atoms with Gasteiger partial charge in [-0.05, 0) is 6.42 Å². The van der Waals surface area contributed by atoms with Crippen LogP contribution in [-0.2, 0) is 9.59 Å². The average Bonchev–Trinajstić information content (AvgIpc) is 2.63. The first kappa shape index (κ1) is 14.0. The standard InChI is InChI=1S/C11H16N6O3/c1-3-4-20-11-15-9(12)14-10(16-11)13-6-5-7(18)17(2)8(6)19/h6H,3-5H2,1-2H3,(H3,12,13,14,15,16). The highest BCUT2D eigenvalue weighted by Gasteiger charge is 2.36. The molecule has 0 aromatic carbocycles. The number of carbonyl (C=O) groups is 2. The number of ether oxygens (including phenoxy) is 1. The predicted octanol–water partition coefficient (Wildman–Crippen LogP) is -0.588. The number of hydrogen-bond acceptors (Lipinski definition) is 8. The molecule has 2 heterocycles. The molecule has 2 amide bonds. The van der Waals surface area contributed by atoms with Gasteiger partial charge in [0.25, 0.3) is 5.91 Å². The van der Waals surface area contributed by atoms with Crippen molar-refractivity contribution in [3.8, 4) is 6.01 Å². The molecule has 1 aliphatic heterocycles. The van der Waals surface area contributed by atoms with Gasteiger partial charge in [-0.3, -0.25) is 14.5 Å². The first-order chi connectivity index (χ1) is 9.51. The minimum Gasteiger partial charge on any atom is -0.463 e. The van der Waals surface area contributed by atoms with Crippen LogP contribution in [0.5, 0.6) is 6.01 Å². The molecule has 1 unspecified atom stereocenters. The van der Waals surface area contributed by atoms with E-state index in [1.165, 1.54) is 7.05 Å². The molecule has 1 fully saturated rings. The second-order valence-corrected chi connectivity index (χ2v) is 4.34. The maximum absolute atomic E-state index is 11.8. The quantitative estimate of drug-likeness (QED) is 0.686. The van der Waals surface area contributed by atoms with Crippen molar-refractivity contribution in [3.05, 3.63) is 0 Å². The Morgan fingerprint density at radius 1 is 1.40 bits per heavy atom. The summed E-state index contributed by atoms with van der Waals surface area (Å²) in [4.78, 5) is 36.0. The van der Waals surface area contributed by atoms with Crippen LogP contribution in [0.2, 0.25) is 0 Å². The number of rotatable bonds is 5. The number of nitrogens with one attached hydrogen (secondary N) is 1. The van der Waals surface area contributed by atoms with Crippen LogP contribution in [0.4, 0.5) is 11.9 Å². The summed E-state index contributed by atoms with van der Waals surface area (Å²) in [5.41, 5.74) is 5.55. The van der Waals surface area contributed by atoms with Crippen molar-refractivity contribution in [2.75, 3.05) is 24.7 Å². The zero-order valence-corrected chi connectivity index (χ0v) is 11.3. The lowest BCUT2D eigenvalue weighted by Crippen LogP contribution is -2.32. The van der Waals surface area contributed by atoms with E-state index in [4.69, 9.17) is 10.5 Å². The zero-order valence-electron chi connectivity index (χ0n) is 11.3. The summed E-state index contributed by atoms with van der Waals surface area (Å²) in [5.74, 6) is -0.481. The van der Waals surface area contributed by atoms with Gasteiger partial charge < -0.3 is 15.8 Å². The molecule has 9 heteroatoms. The third-order valence-electron chi connectivity index (χ3n) is 2.75. The number of nitrogens with two attached hydrogens (primary N) is 1. The summed E-state index contributed by atoms with van der Waals surface area (Å²) < 4.78 is 5.27. The first-order valence-corrected chi connectivity index (χ1v) is 6.22. The molecule has 1 atom stereocenters. The SMILES string of the molecule is CCCOc1nc(N)nc(NC2CC(=O)N(C)C2=O)n1. The van der Waals surface area contributed by atoms with E-state index in [1.807, 2.05) is 6.92 Å². The number of likely N-dealkylation sites (N-methyl/N-ethyl adjacent to an activating group) is 1. The highest BCUT2D eigenvalue weighted by atomic mass is 16.5. The maximum Gasteiger partial charge on any atom is 0.323 e. The monoisotopic (exact) mass is 280 g/mol. The number of amides is 2. The molecule has 0 saturated carbocycles. The van der Waals surface area contributed by atoms with Gasteiger partial charge >= 0.3 is 6.01 Å². The molecule has 108 valence electrons. The largest absolute Gasteiger partial charge is 0.463 e. The molecule has 1 saturated heterocycles. The highest BCUT2D eigenvalue weighted by Crippen LogP contribution is 2.16. The summed E-state index contributed by atoms with van der Waals surface area (Å²) in [6, 6.07) is -0.597. The van der Waals surface area contributed by atoms with Crippen LogP contribution < -0.4 is 15.8 Å². The third kappa shape index (κ3) is 2.92. The summed E-state index contributed by atoms with van der Waals surface area (Å²) in [7, 11) is 1.43. The third-order valence-corrected chi connectivity index (χ3v) is 2.75. The molecule has 1 aliphatic rings. The van der Waals surface area contributed by atoms with Gasteiger partial charge in [-0.25, -0.2) is 0 Å². The normalized spacial score (nSPS) is 18.5. The fourth-order valence-electron chi connectivity index (χ4n) is 1.72. The van der Waals surface area contributed by atoms with Crippen molar-refractivity contribution in [1.29, 1.82) is 0 Å². The maximum atomic E-state index is 11.8. The average molecular weight is 280 g/mol. The fourth-order valence-corrected chi connectivity index (χ4v) is 1.72. The summed E-state index contributed by atoms with van der Waals surface area (Å²) >= 11 is 0. The molecule has 20 heavy (non-hydrogen) atoms. The molecule has 3 N–H and O–H groups in total. The molecule has 0 radical (unpaired) electrons. The van der Waals surface area contributed by atoms with E-state index in [-0.39, 0.29) is 36.1 Å². The van der Waals surface area contributed by atoms with Crippen molar-refractivity contribution >= 4 is 23.7 Å². The van der Waals surface area contributed by atoms with Gasteiger partial charge in [0.1, 0.15) is 6.04 Å². The molecule has 2 rings (SSSR count). The minimum absolute atomic E-state index is 0.0151. The zero-order chi connectivity index (χ0) is 14.7. The van der Waals surface area contributed by atoms with Crippen LogP contribution in [0.1, 0.15) is 19.8 Å². The van der Waals surface area contributed by atoms with Gasteiger partial charge in [-0.15, -0.1) is 0 Å². The predicted molar refractivity (Wildman–Crippen MR) is 69.8 cm³/mol. The summed E-state index contributed by atoms with van der Waals surface area (Å²) in [6.07, 6.45) is 0.862. The second-order valence-electron chi connectivity index (χ2n) is 4.34. The van der Waals surface area contributed by atoms with Crippen LogP contribution in [0, 0.1) is 0 Å². The van der Waals surface area contributed by atoms with E-state index in [9.17, 15) is 9.59 Å². The fraction of sp³-hybridized carbons (Fsp3) is 0.545. The van der Waals surface area contributed by atoms with Crippen LogP contribution in [-0.4, -0.2) is 51.4 Å². The molecule has 0 spiro atoms. The Balaban J connectivity index is 2.11. The van der Waals surface area contributed by atoms with E-state index in [2.05, 4.69) is 20.3 Å². The van der Waals surface area contributed by atoms with Gasteiger partial charge in [0.15, 0.2) is 0 Å². The number of carbonyl (C=O) groups excluding carboxylic acids is 2. The Labute approximate surface area is 115 Å². The van der Waals surface area contributed by atoms with E-state index < -0.39 is 6.04 Å². The van der Waals surface area contributed by atoms with E-state index >= 15 is 0 Å². The topological polar surface area (TPSA) is 123 Å². The van der Waals surface area contributed by atoms with Crippen molar-refractivity contribution in [1.82, 2.24) is 19.9 Å². The highest BCUT2D eigenvalue weighted by molar-refractivity contribution is 6.06. The van der Waals surface area contributed by atoms with Gasteiger partial charge in [0.05, 0.1) is 13.0 Å². The molecule has 9 nitrogen and oxygen atoms in total. The number of hydrogen-bond donors (Lipinski definition) is 2. The number of imide groups is 1. The van der Waals surface area contributed by atoms with E-state index in [0.29, 0.717) is 6.61 Å². The van der Waals surface area contributed by atoms with Crippen LogP contribution >= 0.6 is 0 Å². The number of nitrogen functional groups attached to an aromatic ring is 1. The van der Waals surface area contributed by atoms with Crippen molar-refractivity contribution in [3.63, 3.8) is 0 Å². The Morgan fingerprint density at radius 2 is 2.15 bits per heavy atom. The van der Waals surface area contributed by atoms with Crippen LogP contribution in [0.25, 0.3) is 0 Å². The van der Waals surface area contributed by atoms with Gasteiger partial charge in [-0.2, -0.15) is 15.0 Å². The minimum atomic E-state index is -0.687. The van der Waals surface area contributed by atoms with Gasteiger partial charge in [-0.1, -0.05) is 6.92 Å². The number of likely N-dealkylation sites (tertiary alicyclic amines) is 1. The lowest BCUT2D eigenvalue weighted by atomic mass is 10.2. The molecule has 1 aromatic rings. The van der Waals surface area contributed by atoms with E-state index in [1.54, 1.807) is 0 Å². The second kappa shape index (κ2) is 5.68. The molecular formula is C11H16N6O3. The van der Waals surface area contributed by atoms with Crippen LogP contribution in [0.15, 0.2) is 0 Å². The Hall–Kier alpha value is -2.45. The molecule has 1 aromatic heterocycles. The number of anilines is 2. The van der Waals surface area contributed by atoms with E-state index in [0.717, 1.165) is 11.3 Å². The smallest absolute Gasteiger partial charge is 0.323 e. The Morgan fingerprint density at radius 3 is 2.75 bits per heavy atom. The van der Waals surface area contributed by atoms with Crippen LogP contribution in [0.3, 0.4) is 0 Å². The first-order valence-electron chi connectivity index (χ1n) is 6.22. The molecule has 0 bridgehead atoms. The van der Waals surface area contributed by atoms with Gasteiger partial charge in [0, 0.05) is 7.05 Å². The van der Waals surface area contributed by atoms with Crippen molar-refractivity contribution < 1.29 is 14.3 Å². The van der Waals surface area contributed by atoms with Crippen molar-refractivity contribution in [2.24, 2.45) is 0 Å². The Kier molecular flexibility index (Phi) is 3.97. The molecule has 0 aliphatic carbocycles. The lowest BCUT2D eigenvalue weighted by Gasteiger charge is -2.11. The number of nitrogens with zero attached hydrogens (tertiary/aromatic N) is 4. The Bertz CT molecular complexity index is 535. The summed E-state index contributed by atoms with van der Waals surface area (Å²) in [6.45, 7) is 2.40. The number of aromatic nitrogens is 3.